The molecule has 2 aromatic heterocycles. The van der Waals surface area contributed by atoms with Gasteiger partial charge in [-0.3, -0.25) is 4.79 Å². The van der Waals surface area contributed by atoms with Crippen molar-refractivity contribution in [2.24, 2.45) is 0 Å². The highest BCUT2D eigenvalue weighted by molar-refractivity contribution is 6.06. The maximum Gasteiger partial charge on any atom is 0.259 e. The van der Waals surface area contributed by atoms with E-state index in [1.165, 1.54) is 0 Å². The first-order chi connectivity index (χ1) is 12.7. The first-order valence-corrected chi connectivity index (χ1v) is 9.92. The fourth-order valence-corrected chi connectivity index (χ4v) is 3.83. The SMILES string of the molecule is CCCc1noc2nc(C3CC3)cc(C(=O)N[C@@H](CC)[C@@H]3CCCO3)c12. The number of nitrogens with zero attached hydrogens (tertiary/aromatic N) is 2. The van der Waals surface area contributed by atoms with Gasteiger partial charge in [0.2, 0.25) is 0 Å². The van der Waals surface area contributed by atoms with Crippen LogP contribution in [0, 0.1) is 0 Å². The average molecular weight is 357 g/mol. The van der Waals surface area contributed by atoms with E-state index in [2.05, 4.69) is 29.3 Å². The number of aromatic nitrogens is 2. The predicted octanol–water partition coefficient (Wildman–Crippen LogP) is 3.74. The van der Waals surface area contributed by atoms with Crippen LogP contribution < -0.4 is 5.32 Å². The summed E-state index contributed by atoms with van der Waals surface area (Å²) in [7, 11) is 0. The van der Waals surface area contributed by atoms with Gasteiger partial charge in [0.1, 0.15) is 0 Å². The minimum Gasteiger partial charge on any atom is -0.376 e. The first kappa shape index (κ1) is 17.5. The van der Waals surface area contributed by atoms with Crippen molar-refractivity contribution in [1.29, 1.82) is 0 Å². The number of fused-ring (bicyclic) bond motifs is 1. The van der Waals surface area contributed by atoms with Gasteiger partial charge in [-0.05, 0) is 44.6 Å². The van der Waals surface area contributed by atoms with E-state index in [1.54, 1.807) is 0 Å². The summed E-state index contributed by atoms with van der Waals surface area (Å²) in [6.45, 7) is 4.97. The molecule has 140 valence electrons. The number of hydrogen-bond acceptors (Lipinski definition) is 5. The maximum absolute atomic E-state index is 13.2. The molecule has 3 heterocycles. The number of ether oxygens (including phenoxy) is 1. The van der Waals surface area contributed by atoms with Gasteiger partial charge in [0, 0.05) is 18.2 Å². The normalized spacial score (nSPS) is 21.2. The first-order valence-electron chi connectivity index (χ1n) is 9.92. The van der Waals surface area contributed by atoms with E-state index in [4.69, 9.17) is 9.26 Å². The van der Waals surface area contributed by atoms with Crippen LogP contribution in [0.15, 0.2) is 10.6 Å². The van der Waals surface area contributed by atoms with Crippen LogP contribution in [0.3, 0.4) is 0 Å². The number of carbonyl (C=O) groups is 1. The minimum absolute atomic E-state index is 0.0343. The second kappa shape index (κ2) is 7.35. The highest BCUT2D eigenvalue weighted by Crippen LogP contribution is 2.40. The van der Waals surface area contributed by atoms with Crippen molar-refractivity contribution in [2.45, 2.75) is 76.9 Å². The Morgan fingerprint density at radius 1 is 1.35 bits per heavy atom. The summed E-state index contributed by atoms with van der Waals surface area (Å²) in [6.07, 6.45) is 7.02. The van der Waals surface area contributed by atoms with E-state index in [0.717, 1.165) is 68.3 Å². The smallest absolute Gasteiger partial charge is 0.259 e. The van der Waals surface area contributed by atoms with Gasteiger partial charge in [-0.2, -0.15) is 0 Å². The molecule has 2 atom stereocenters. The molecule has 1 aliphatic heterocycles. The average Bonchev–Trinajstić information content (AvgIpc) is 3.21. The molecule has 0 unspecified atom stereocenters. The molecule has 6 heteroatoms. The van der Waals surface area contributed by atoms with Crippen LogP contribution in [0.1, 0.15) is 80.0 Å². The maximum atomic E-state index is 13.2. The molecule has 26 heavy (non-hydrogen) atoms. The van der Waals surface area contributed by atoms with Gasteiger partial charge in [0.25, 0.3) is 11.6 Å². The number of pyridine rings is 1. The quantitative estimate of drug-likeness (QED) is 0.817. The lowest BCUT2D eigenvalue weighted by molar-refractivity contribution is 0.0666. The van der Waals surface area contributed by atoms with E-state index >= 15 is 0 Å². The molecule has 0 bridgehead atoms. The van der Waals surface area contributed by atoms with Crippen molar-refractivity contribution in [3.63, 3.8) is 0 Å². The third-order valence-electron chi connectivity index (χ3n) is 5.43. The summed E-state index contributed by atoms with van der Waals surface area (Å²) in [5, 5.41) is 8.16. The largest absolute Gasteiger partial charge is 0.376 e. The Morgan fingerprint density at radius 2 is 2.19 bits per heavy atom. The zero-order valence-corrected chi connectivity index (χ0v) is 15.6. The van der Waals surface area contributed by atoms with E-state index in [9.17, 15) is 4.79 Å². The second-order valence-corrected chi connectivity index (χ2v) is 7.47. The summed E-state index contributed by atoms with van der Waals surface area (Å²) >= 11 is 0. The Labute approximate surface area is 153 Å². The minimum atomic E-state index is -0.0674. The Kier molecular flexibility index (Phi) is 4.94. The molecule has 1 saturated heterocycles. The number of hydrogen-bond donors (Lipinski definition) is 1. The predicted molar refractivity (Wildman–Crippen MR) is 98.3 cm³/mol. The van der Waals surface area contributed by atoms with E-state index in [1.807, 2.05) is 6.07 Å². The van der Waals surface area contributed by atoms with Crippen LogP contribution in [-0.4, -0.2) is 34.8 Å². The van der Waals surface area contributed by atoms with E-state index < -0.39 is 0 Å². The van der Waals surface area contributed by atoms with Crippen molar-refractivity contribution in [3.05, 3.63) is 23.0 Å². The van der Waals surface area contributed by atoms with Crippen LogP contribution >= 0.6 is 0 Å². The number of carbonyl (C=O) groups excluding carboxylic acids is 1. The van der Waals surface area contributed by atoms with E-state index in [0.29, 0.717) is 17.2 Å². The van der Waals surface area contributed by atoms with Gasteiger partial charge in [-0.15, -0.1) is 0 Å². The Bertz CT molecular complexity index is 791. The Balaban J connectivity index is 1.68. The standard InChI is InChI=1S/C20H27N3O3/c1-3-6-15-18-13(11-16(12-8-9-12)22-20(18)26-23-15)19(24)21-14(4-2)17-7-5-10-25-17/h11-12,14,17H,3-10H2,1-2H3,(H,21,24)/t14-,17-/m0/s1. The van der Waals surface area contributed by atoms with Gasteiger partial charge >= 0.3 is 0 Å². The Hall–Kier alpha value is -1.95. The van der Waals surface area contributed by atoms with Gasteiger partial charge < -0.3 is 14.6 Å². The van der Waals surface area contributed by atoms with E-state index in [-0.39, 0.29) is 18.1 Å². The second-order valence-electron chi connectivity index (χ2n) is 7.47. The van der Waals surface area contributed by atoms with Gasteiger partial charge in [-0.25, -0.2) is 4.98 Å². The van der Waals surface area contributed by atoms with Crippen molar-refractivity contribution in [2.75, 3.05) is 6.61 Å². The molecule has 2 fully saturated rings. The zero-order valence-electron chi connectivity index (χ0n) is 15.6. The summed E-state index contributed by atoms with van der Waals surface area (Å²) in [5.41, 5.74) is 2.92. The monoisotopic (exact) mass is 357 g/mol. The Morgan fingerprint density at radius 3 is 2.85 bits per heavy atom. The lowest BCUT2D eigenvalue weighted by atomic mass is 10.0. The van der Waals surface area contributed by atoms with Gasteiger partial charge in [0.15, 0.2) is 0 Å². The highest BCUT2D eigenvalue weighted by Gasteiger charge is 2.31. The van der Waals surface area contributed by atoms with Crippen molar-refractivity contribution in [1.82, 2.24) is 15.5 Å². The zero-order chi connectivity index (χ0) is 18.1. The lowest BCUT2D eigenvalue weighted by Gasteiger charge is -2.23. The van der Waals surface area contributed by atoms with Gasteiger partial charge in [0.05, 0.1) is 28.8 Å². The van der Waals surface area contributed by atoms with Crippen molar-refractivity contribution >= 4 is 17.0 Å². The molecule has 6 nitrogen and oxygen atoms in total. The van der Waals surface area contributed by atoms with Crippen LogP contribution in [0.2, 0.25) is 0 Å². The van der Waals surface area contributed by atoms with Crippen LogP contribution in [0.4, 0.5) is 0 Å². The fraction of sp³-hybridized carbons (Fsp3) is 0.650. The molecule has 2 aliphatic rings. The third kappa shape index (κ3) is 3.34. The molecule has 1 N–H and O–H groups in total. The van der Waals surface area contributed by atoms with Crippen molar-refractivity contribution in [3.8, 4) is 0 Å². The summed E-state index contributed by atoms with van der Waals surface area (Å²) in [6, 6.07) is 1.99. The number of amides is 1. The molecule has 4 rings (SSSR count). The molecular weight excluding hydrogens is 330 g/mol. The number of aryl methyl sites for hydroxylation is 1. The highest BCUT2D eigenvalue weighted by atomic mass is 16.5. The topological polar surface area (TPSA) is 77.2 Å². The molecule has 1 saturated carbocycles. The number of nitrogens with one attached hydrogen (secondary N) is 1. The van der Waals surface area contributed by atoms with Crippen molar-refractivity contribution < 1.29 is 14.1 Å². The van der Waals surface area contributed by atoms with Crippen LogP contribution in [-0.2, 0) is 11.2 Å². The molecule has 0 spiro atoms. The third-order valence-corrected chi connectivity index (χ3v) is 5.43. The summed E-state index contributed by atoms with van der Waals surface area (Å²) in [4.78, 5) is 17.8. The molecule has 1 amide bonds. The molecule has 2 aromatic rings. The fourth-order valence-electron chi connectivity index (χ4n) is 3.83. The molecule has 0 radical (unpaired) electrons. The summed E-state index contributed by atoms with van der Waals surface area (Å²) in [5.74, 6) is 0.382. The molecule has 1 aliphatic carbocycles. The molecule has 0 aromatic carbocycles. The van der Waals surface area contributed by atoms with Crippen LogP contribution in [0.25, 0.3) is 11.1 Å². The van der Waals surface area contributed by atoms with Crippen LogP contribution in [0.5, 0.6) is 0 Å². The lowest BCUT2D eigenvalue weighted by Crippen LogP contribution is -2.42. The summed E-state index contributed by atoms with van der Waals surface area (Å²) < 4.78 is 11.3. The van der Waals surface area contributed by atoms with Gasteiger partial charge in [-0.1, -0.05) is 25.4 Å². The number of rotatable bonds is 7. The molecular formula is C20H27N3O3.